The Morgan fingerprint density at radius 2 is 1.69 bits per heavy atom. The van der Waals surface area contributed by atoms with Crippen molar-refractivity contribution >= 4 is 34.1 Å². The predicted octanol–water partition coefficient (Wildman–Crippen LogP) is 5.25. The zero-order valence-corrected chi connectivity index (χ0v) is 16.2. The van der Waals surface area contributed by atoms with Gasteiger partial charge >= 0.3 is 0 Å². The molecule has 138 valence electrons. The maximum Gasteiger partial charge on any atom is 0.0505 e. The van der Waals surface area contributed by atoms with Gasteiger partial charge in [-0.15, -0.1) is 0 Å². The van der Waals surface area contributed by atoms with Gasteiger partial charge in [0.1, 0.15) is 0 Å². The standard InChI is InChI=1S/C21H24Cl2N2O/c22-19-8-6-9-20(23)18(19)15-25-14-16(13-24-11-4-1-5-12-26)17-7-2-3-10-21(17)25/h2-3,6-10,14,24,26H,1,4-5,11-13,15H2. The van der Waals surface area contributed by atoms with Crippen LogP contribution in [0.4, 0.5) is 0 Å². The van der Waals surface area contributed by atoms with Crippen molar-refractivity contribution in [3.05, 3.63) is 69.8 Å². The van der Waals surface area contributed by atoms with Gasteiger partial charge in [0.2, 0.25) is 0 Å². The maximum atomic E-state index is 8.84. The lowest BCUT2D eigenvalue weighted by Crippen LogP contribution is -2.14. The summed E-state index contributed by atoms with van der Waals surface area (Å²) < 4.78 is 2.21. The molecular formula is C21H24Cl2N2O. The second-order valence-electron chi connectivity index (χ2n) is 6.46. The molecular weight excluding hydrogens is 367 g/mol. The number of aliphatic hydroxyl groups is 1. The summed E-state index contributed by atoms with van der Waals surface area (Å²) >= 11 is 12.7. The molecule has 0 spiro atoms. The van der Waals surface area contributed by atoms with E-state index in [2.05, 4.69) is 40.3 Å². The average molecular weight is 391 g/mol. The summed E-state index contributed by atoms with van der Waals surface area (Å²) in [6.07, 6.45) is 5.19. The fraction of sp³-hybridized carbons (Fsp3) is 0.333. The van der Waals surface area contributed by atoms with Crippen LogP contribution in [-0.2, 0) is 13.1 Å². The Bertz CT molecular complexity index is 840. The van der Waals surface area contributed by atoms with Gasteiger partial charge in [0.25, 0.3) is 0 Å². The third-order valence-corrected chi connectivity index (χ3v) is 5.30. The number of para-hydroxylation sites is 1. The fourth-order valence-electron chi connectivity index (χ4n) is 3.21. The fourth-order valence-corrected chi connectivity index (χ4v) is 3.73. The quantitative estimate of drug-likeness (QED) is 0.489. The minimum absolute atomic E-state index is 0.276. The number of hydrogen-bond donors (Lipinski definition) is 2. The van der Waals surface area contributed by atoms with E-state index < -0.39 is 0 Å². The largest absolute Gasteiger partial charge is 0.396 e. The Hall–Kier alpha value is -1.52. The molecule has 0 radical (unpaired) electrons. The highest BCUT2D eigenvalue weighted by molar-refractivity contribution is 6.36. The highest BCUT2D eigenvalue weighted by Gasteiger charge is 2.11. The molecule has 2 aromatic carbocycles. The first-order valence-corrected chi connectivity index (χ1v) is 9.77. The SMILES string of the molecule is OCCCCCNCc1cn(Cc2c(Cl)cccc2Cl)c2ccccc12. The van der Waals surface area contributed by atoms with Crippen molar-refractivity contribution in [2.45, 2.75) is 32.4 Å². The summed E-state index contributed by atoms with van der Waals surface area (Å²) in [6.45, 7) is 2.70. The molecule has 0 saturated carbocycles. The van der Waals surface area contributed by atoms with Gasteiger partial charge in [-0.1, -0.05) is 47.5 Å². The van der Waals surface area contributed by atoms with E-state index >= 15 is 0 Å². The number of aromatic nitrogens is 1. The molecule has 0 aliphatic rings. The van der Waals surface area contributed by atoms with Crippen molar-refractivity contribution in [1.82, 2.24) is 9.88 Å². The normalized spacial score (nSPS) is 11.3. The summed E-state index contributed by atoms with van der Waals surface area (Å²) in [7, 11) is 0. The molecule has 0 unspecified atom stereocenters. The second kappa shape index (κ2) is 9.43. The minimum Gasteiger partial charge on any atom is -0.396 e. The van der Waals surface area contributed by atoms with Crippen LogP contribution in [0.5, 0.6) is 0 Å². The number of halogens is 2. The Kier molecular flexibility index (Phi) is 6.98. The molecule has 0 saturated heterocycles. The molecule has 3 aromatic rings. The van der Waals surface area contributed by atoms with Crippen molar-refractivity contribution < 1.29 is 5.11 Å². The van der Waals surface area contributed by atoms with Crippen LogP contribution >= 0.6 is 23.2 Å². The summed E-state index contributed by atoms with van der Waals surface area (Å²) in [4.78, 5) is 0. The van der Waals surface area contributed by atoms with E-state index in [4.69, 9.17) is 28.3 Å². The number of unbranched alkanes of at least 4 members (excludes halogenated alkanes) is 2. The third-order valence-electron chi connectivity index (χ3n) is 4.59. The maximum absolute atomic E-state index is 8.84. The van der Waals surface area contributed by atoms with Gasteiger partial charge in [-0.05, 0) is 49.6 Å². The zero-order chi connectivity index (χ0) is 18.4. The predicted molar refractivity (Wildman–Crippen MR) is 110 cm³/mol. The summed E-state index contributed by atoms with van der Waals surface area (Å²) in [5.41, 5.74) is 3.40. The Morgan fingerprint density at radius 3 is 2.46 bits per heavy atom. The van der Waals surface area contributed by atoms with Crippen LogP contribution in [0.1, 0.15) is 30.4 Å². The van der Waals surface area contributed by atoms with E-state index in [9.17, 15) is 0 Å². The third kappa shape index (κ3) is 4.60. The number of hydrogen-bond acceptors (Lipinski definition) is 2. The van der Waals surface area contributed by atoms with Gasteiger partial charge in [-0.3, -0.25) is 0 Å². The van der Waals surface area contributed by atoms with Crippen molar-refractivity contribution in [2.24, 2.45) is 0 Å². The van der Waals surface area contributed by atoms with Crippen molar-refractivity contribution in [3.63, 3.8) is 0 Å². The molecule has 0 aliphatic carbocycles. The number of benzene rings is 2. The van der Waals surface area contributed by atoms with Crippen molar-refractivity contribution in [3.8, 4) is 0 Å². The first-order chi connectivity index (χ1) is 12.7. The monoisotopic (exact) mass is 390 g/mol. The van der Waals surface area contributed by atoms with Crippen molar-refractivity contribution in [2.75, 3.05) is 13.2 Å². The Labute approximate surface area is 164 Å². The average Bonchev–Trinajstić information content (AvgIpc) is 2.99. The molecule has 0 atom stereocenters. The van der Waals surface area contributed by atoms with Crippen LogP contribution in [0.3, 0.4) is 0 Å². The molecule has 0 bridgehead atoms. The van der Waals surface area contributed by atoms with Crippen LogP contribution in [0, 0.1) is 0 Å². The van der Waals surface area contributed by atoms with Crippen LogP contribution < -0.4 is 5.32 Å². The number of nitrogens with one attached hydrogen (secondary N) is 1. The number of rotatable bonds is 9. The molecule has 0 amide bonds. The van der Waals surface area contributed by atoms with Crippen molar-refractivity contribution in [1.29, 1.82) is 0 Å². The van der Waals surface area contributed by atoms with Gasteiger partial charge < -0.3 is 15.0 Å². The number of fused-ring (bicyclic) bond motifs is 1. The number of nitrogens with zero attached hydrogens (tertiary/aromatic N) is 1. The lowest BCUT2D eigenvalue weighted by atomic mass is 10.1. The lowest BCUT2D eigenvalue weighted by Gasteiger charge is -2.09. The van der Waals surface area contributed by atoms with Gasteiger partial charge in [-0.25, -0.2) is 0 Å². The summed E-state index contributed by atoms with van der Waals surface area (Å²) in [5.74, 6) is 0. The number of aliphatic hydroxyl groups excluding tert-OH is 1. The molecule has 3 nitrogen and oxygen atoms in total. The van der Waals surface area contributed by atoms with E-state index in [1.54, 1.807) is 0 Å². The molecule has 2 N–H and O–H groups in total. The molecule has 0 aliphatic heterocycles. The Balaban J connectivity index is 1.77. The first kappa shape index (κ1) is 19.2. The topological polar surface area (TPSA) is 37.2 Å². The zero-order valence-electron chi connectivity index (χ0n) is 14.7. The van der Waals surface area contributed by atoms with Crippen LogP contribution in [0.15, 0.2) is 48.7 Å². The highest BCUT2D eigenvalue weighted by Crippen LogP contribution is 2.28. The smallest absolute Gasteiger partial charge is 0.0505 e. The molecule has 26 heavy (non-hydrogen) atoms. The van der Waals surface area contributed by atoms with E-state index in [0.29, 0.717) is 16.6 Å². The molecule has 1 heterocycles. The van der Waals surface area contributed by atoms with Gasteiger partial charge in [0, 0.05) is 45.9 Å². The van der Waals surface area contributed by atoms with E-state index in [0.717, 1.165) is 37.9 Å². The molecule has 1 aromatic heterocycles. The first-order valence-electron chi connectivity index (χ1n) is 9.02. The van der Waals surface area contributed by atoms with E-state index in [1.165, 1.54) is 16.5 Å². The van der Waals surface area contributed by atoms with Gasteiger partial charge in [0.05, 0.1) is 6.54 Å². The summed E-state index contributed by atoms with van der Waals surface area (Å²) in [5, 5.41) is 15.0. The van der Waals surface area contributed by atoms with Gasteiger partial charge in [0.15, 0.2) is 0 Å². The highest BCUT2D eigenvalue weighted by atomic mass is 35.5. The molecule has 5 heteroatoms. The lowest BCUT2D eigenvalue weighted by molar-refractivity contribution is 0.283. The Morgan fingerprint density at radius 1 is 0.923 bits per heavy atom. The van der Waals surface area contributed by atoms with E-state index in [-0.39, 0.29) is 6.61 Å². The van der Waals surface area contributed by atoms with Crippen LogP contribution in [0.25, 0.3) is 10.9 Å². The minimum atomic E-state index is 0.276. The molecule has 3 rings (SSSR count). The van der Waals surface area contributed by atoms with Gasteiger partial charge in [-0.2, -0.15) is 0 Å². The van der Waals surface area contributed by atoms with Crippen LogP contribution in [0.2, 0.25) is 10.0 Å². The molecule has 0 fully saturated rings. The second-order valence-corrected chi connectivity index (χ2v) is 7.28. The van der Waals surface area contributed by atoms with E-state index in [1.807, 2.05) is 18.2 Å². The van der Waals surface area contributed by atoms with Crippen LogP contribution in [-0.4, -0.2) is 22.8 Å². The summed E-state index contributed by atoms with van der Waals surface area (Å²) in [6, 6.07) is 14.0.